The van der Waals surface area contributed by atoms with Crippen molar-refractivity contribution in [2.75, 3.05) is 6.61 Å². The van der Waals surface area contributed by atoms with Gasteiger partial charge in [-0.15, -0.1) is 0 Å². The van der Waals surface area contributed by atoms with Crippen LogP contribution in [0.1, 0.15) is 55.5 Å². The third-order valence-corrected chi connectivity index (χ3v) is 5.37. The summed E-state index contributed by atoms with van der Waals surface area (Å²) in [6.07, 6.45) is 2.63. The highest BCUT2D eigenvalue weighted by atomic mass is 35.5. The van der Waals surface area contributed by atoms with Gasteiger partial charge >= 0.3 is 0 Å². The number of ketones is 2. The highest BCUT2D eigenvalue weighted by Gasteiger charge is 2.46. The summed E-state index contributed by atoms with van der Waals surface area (Å²) in [6, 6.07) is 1.57. The van der Waals surface area contributed by atoms with Gasteiger partial charge in [0.2, 0.25) is 0 Å². The van der Waals surface area contributed by atoms with Crippen molar-refractivity contribution >= 4 is 40.7 Å². The molecule has 0 bridgehead atoms. The molecule has 0 heterocycles. The molecule has 136 valence electrons. The molecule has 1 aliphatic carbocycles. The Morgan fingerprint density at radius 3 is 2.52 bits per heavy atom. The van der Waals surface area contributed by atoms with E-state index in [0.717, 1.165) is 6.42 Å². The Balaban J connectivity index is 2.42. The first-order valence-corrected chi connectivity index (χ1v) is 8.85. The molecule has 1 aromatic carbocycles. The molecule has 1 atom stereocenters. The van der Waals surface area contributed by atoms with Gasteiger partial charge in [0, 0.05) is 17.4 Å². The van der Waals surface area contributed by atoms with E-state index in [1.807, 2.05) is 6.92 Å². The topological polar surface area (TPSA) is 83.5 Å². The van der Waals surface area contributed by atoms with Crippen LogP contribution in [0.25, 0.3) is 0 Å². The first-order valence-electron chi connectivity index (χ1n) is 8.09. The van der Waals surface area contributed by atoms with Crippen molar-refractivity contribution in [1.82, 2.24) is 0 Å². The van der Waals surface area contributed by atoms with Gasteiger partial charge in [-0.2, -0.15) is 0 Å². The van der Waals surface area contributed by atoms with Gasteiger partial charge in [0.05, 0.1) is 11.0 Å². The Labute approximate surface area is 156 Å². The molecule has 0 N–H and O–H groups in total. The van der Waals surface area contributed by atoms with Crippen LogP contribution in [0.15, 0.2) is 6.07 Å². The molecule has 0 spiro atoms. The van der Waals surface area contributed by atoms with Crippen LogP contribution < -0.4 is 9.84 Å². The highest BCUT2D eigenvalue weighted by Crippen LogP contribution is 2.49. The van der Waals surface area contributed by atoms with Gasteiger partial charge in [0.25, 0.3) is 0 Å². The number of carboxylic acids is 1. The molecule has 1 unspecified atom stereocenters. The zero-order valence-electron chi connectivity index (χ0n) is 14.1. The predicted molar refractivity (Wildman–Crippen MR) is 92.3 cm³/mol. The first-order chi connectivity index (χ1) is 11.7. The minimum atomic E-state index is -1.38. The number of ether oxygens (including phenoxy) is 1. The lowest BCUT2D eigenvalue weighted by atomic mass is 9.75. The first kappa shape index (κ1) is 19.7. The summed E-state index contributed by atoms with van der Waals surface area (Å²) in [5.74, 6) is -1.35. The average molecular weight is 386 g/mol. The van der Waals surface area contributed by atoms with Crippen LogP contribution in [0.2, 0.25) is 10.0 Å². The number of carbonyl (C=O) groups is 3. The maximum atomic E-state index is 13.1. The number of halogens is 2. The molecule has 2 rings (SSSR count). The summed E-state index contributed by atoms with van der Waals surface area (Å²) in [6.45, 7) is 2.82. The number of rotatable bonds is 8. The van der Waals surface area contributed by atoms with Gasteiger partial charge in [0.1, 0.15) is 23.2 Å². The van der Waals surface area contributed by atoms with E-state index in [0.29, 0.717) is 36.8 Å². The SMILES string of the molecule is CCCC1(CCC(C)=O)Cc2cc(OCC(=O)[O-])c(Cl)c(Cl)c2C1=O. The minimum absolute atomic E-state index is 0.00823. The maximum absolute atomic E-state index is 13.1. The molecule has 1 aliphatic rings. The van der Waals surface area contributed by atoms with E-state index in [1.54, 1.807) is 6.07 Å². The van der Waals surface area contributed by atoms with Gasteiger partial charge in [-0.1, -0.05) is 36.5 Å². The lowest BCUT2D eigenvalue weighted by molar-refractivity contribution is -0.307. The Hall–Kier alpha value is -1.59. The second kappa shape index (κ2) is 7.75. The summed E-state index contributed by atoms with van der Waals surface area (Å²) in [4.78, 5) is 35.1. The fraction of sp³-hybridized carbons (Fsp3) is 0.500. The summed E-state index contributed by atoms with van der Waals surface area (Å²) >= 11 is 12.4. The molecule has 0 saturated heterocycles. The highest BCUT2D eigenvalue weighted by molar-refractivity contribution is 6.45. The molecular formula is C18H19Cl2O5-. The van der Waals surface area contributed by atoms with E-state index in [-0.39, 0.29) is 27.4 Å². The van der Waals surface area contributed by atoms with E-state index in [9.17, 15) is 19.5 Å². The monoisotopic (exact) mass is 385 g/mol. The maximum Gasteiger partial charge on any atom is 0.171 e. The van der Waals surface area contributed by atoms with Crippen molar-refractivity contribution in [2.45, 2.75) is 46.0 Å². The summed E-state index contributed by atoms with van der Waals surface area (Å²) < 4.78 is 5.12. The number of carbonyl (C=O) groups excluding carboxylic acids is 3. The lowest BCUT2D eigenvalue weighted by Gasteiger charge is -2.26. The fourth-order valence-corrected chi connectivity index (χ4v) is 3.92. The van der Waals surface area contributed by atoms with Gasteiger partial charge in [-0.05, 0) is 37.8 Å². The number of hydrogen-bond acceptors (Lipinski definition) is 5. The number of fused-ring (bicyclic) bond motifs is 1. The van der Waals surface area contributed by atoms with Crippen LogP contribution in [-0.2, 0) is 16.0 Å². The Kier molecular flexibility index (Phi) is 6.12. The zero-order valence-corrected chi connectivity index (χ0v) is 15.6. The predicted octanol–water partition coefficient (Wildman–Crippen LogP) is 3.02. The molecular weight excluding hydrogens is 367 g/mol. The number of hydrogen-bond donors (Lipinski definition) is 0. The second-order valence-electron chi connectivity index (χ2n) is 6.44. The van der Waals surface area contributed by atoms with E-state index in [2.05, 4.69) is 0 Å². The van der Waals surface area contributed by atoms with E-state index >= 15 is 0 Å². The quantitative estimate of drug-likeness (QED) is 0.686. The van der Waals surface area contributed by atoms with Crippen molar-refractivity contribution < 1.29 is 24.2 Å². The third kappa shape index (κ3) is 3.98. The zero-order chi connectivity index (χ0) is 18.8. The molecule has 7 heteroatoms. The lowest BCUT2D eigenvalue weighted by Crippen LogP contribution is -2.29. The number of aliphatic carboxylic acids is 1. The van der Waals surface area contributed by atoms with Gasteiger partial charge < -0.3 is 19.4 Å². The normalized spacial score (nSPS) is 19.0. The van der Waals surface area contributed by atoms with Crippen LogP contribution >= 0.6 is 23.2 Å². The van der Waals surface area contributed by atoms with Crippen LogP contribution in [-0.4, -0.2) is 24.1 Å². The van der Waals surface area contributed by atoms with Gasteiger partial charge in [-0.25, -0.2) is 0 Å². The van der Waals surface area contributed by atoms with Crippen LogP contribution in [0.3, 0.4) is 0 Å². The third-order valence-electron chi connectivity index (χ3n) is 4.52. The van der Waals surface area contributed by atoms with Crippen LogP contribution in [0.5, 0.6) is 5.75 Å². The molecule has 5 nitrogen and oxygen atoms in total. The summed E-state index contributed by atoms with van der Waals surface area (Å²) in [5, 5.41) is 10.7. The molecule has 0 fully saturated rings. The molecule has 25 heavy (non-hydrogen) atoms. The van der Waals surface area contributed by atoms with Crippen molar-refractivity contribution in [1.29, 1.82) is 0 Å². The fourth-order valence-electron chi connectivity index (χ4n) is 3.41. The Bertz CT molecular complexity index is 729. The molecule has 0 aliphatic heterocycles. The molecule has 0 amide bonds. The number of carboxylic acid groups (broad SMARTS) is 1. The molecule has 0 radical (unpaired) electrons. The second-order valence-corrected chi connectivity index (χ2v) is 7.19. The van der Waals surface area contributed by atoms with E-state index in [1.165, 1.54) is 6.92 Å². The Morgan fingerprint density at radius 1 is 1.28 bits per heavy atom. The number of Topliss-reactive ketones (excluding diaryl/α,β-unsaturated/α-hetero) is 2. The van der Waals surface area contributed by atoms with E-state index in [4.69, 9.17) is 27.9 Å². The molecule has 0 aromatic heterocycles. The minimum Gasteiger partial charge on any atom is -0.546 e. The standard InChI is InChI=1S/C18H20Cl2O5/c1-3-5-18(6-4-10(2)21)8-11-7-12(25-9-13(22)23)15(19)16(20)14(11)17(18)24/h7H,3-6,8-9H2,1-2H3,(H,22,23)/p-1. The van der Waals surface area contributed by atoms with E-state index < -0.39 is 18.0 Å². The van der Waals surface area contributed by atoms with Crippen molar-refractivity contribution in [3.63, 3.8) is 0 Å². The van der Waals surface area contributed by atoms with Crippen LogP contribution in [0, 0.1) is 5.41 Å². The number of benzene rings is 1. The summed E-state index contributed by atoms with van der Waals surface area (Å²) in [5.41, 5.74) is 0.345. The molecule has 1 aromatic rings. The Morgan fingerprint density at radius 2 is 1.96 bits per heavy atom. The van der Waals surface area contributed by atoms with Gasteiger partial charge in [0.15, 0.2) is 5.78 Å². The van der Waals surface area contributed by atoms with Crippen molar-refractivity contribution in [3.8, 4) is 5.75 Å². The van der Waals surface area contributed by atoms with Crippen molar-refractivity contribution in [3.05, 3.63) is 27.2 Å². The average Bonchev–Trinajstić information content (AvgIpc) is 2.80. The largest absolute Gasteiger partial charge is 0.546 e. The van der Waals surface area contributed by atoms with Gasteiger partial charge in [-0.3, -0.25) is 4.79 Å². The van der Waals surface area contributed by atoms with Crippen molar-refractivity contribution in [2.24, 2.45) is 5.41 Å². The smallest absolute Gasteiger partial charge is 0.171 e. The van der Waals surface area contributed by atoms with Crippen LogP contribution in [0.4, 0.5) is 0 Å². The molecule has 0 saturated carbocycles. The summed E-state index contributed by atoms with van der Waals surface area (Å²) in [7, 11) is 0.